The van der Waals surface area contributed by atoms with Gasteiger partial charge in [0.05, 0.1) is 24.1 Å². The van der Waals surface area contributed by atoms with E-state index in [1.807, 2.05) is 34.6 Å². The van der Waals surface area contributed by atoms with E-state index in [-0.39, 0.29) is 61.5 Å². The molecule has 272 valence electrons. The number of amides is 5. The predicted octanol–water partition coefficient (Wildman–Crippen LogP) is 3.01. The van der Waals surface area contributed by atoms with E-state index in [0.717, 1.165) is 0 Å². The predicted molar refractivity (Wildman–Crippen MR) is 185 cm³/mol. The summed E-state index contributed by atoms with van der Waals surface area (Å²) in [5, 5.41) is 34.0. The van der Waals surface area contributed by atoms with Crippen molar-refractivity contribution < 1.29 is 39.0 Å². The molecule has 0 unspecified atom stereocenters. The van der Waals surface area contributed by atoms with Crippen molar-refractivity contribution in [2.45, 2.75) is 125 Å². The first kappa shape index (κ1) is 44.0. The molecule has 0 saturated carbocycles. The molecule has 0 heterocycles. The quantitative estimate of drug-likeness (QED) is 0.109. The molecule has 0 saturated heterocycles. The number of carboxylic acids is 1. The zero-order valence-corrected chi connectivity index (χ0v) is 29.0. The highest BCUT2D eigenvalue weighted by Gasteiger charge is 2.32. The fourth-order valence-electron chi connectivity index (χ4n) is 5.05. The van der Waals surface area contributed by atoms with Gasteiger partial charge in [0.15, 0.2) is 0 Å². The fraction of sp³-hybridized carbons (Fsp3) is 0.657. The molecule has 0 fully saturated rings. The molecule has 13 nitrogen and oxygen atoms in total. The van der Waals surface area contributed by atoms with E-state index in [1.165, 1.54) is 24.3 Å². The van der Waals surface area contributed by atoms with E-state index in [0.29, 0.717) is 19.4 Å². The maximum absolute atomic E-state index is 13.5. The molecule has 5 atom stereocenters. The summed E-state index contributed by atoms with van der Waals surface area (Å²) in [6, 6.07) is 1.86. The summed E-state index contributed by atoms with van der Waals surface area (Å²) in [6.07, 6.45) is -0.203. The molecule has 0 aliphatic heterocycles. The minimum Gasteiger partial charge on any atom is -0.478 e. The van der Waals surface area contributed by atoms with Crippen LogP contribution >= 0.6 is 0 Å². The number of hydrogen-bond donors (Lipinski definition) is 7. The number of hydrogen-bond acceptors (Lipinski definition) is 7. The minimum atomic E-state index is -1.27. The Hall–Kier alpha value is -4.00. The largest absolute Gasteiger partial charge is 0.478 e. The number of carbonyl (C=O) groups excluding carboxylic acids is 5. The molecular formula is C35H59N5O8. The summed E-state index contributed by atoms with van der Waals surface area (Å²) in [6.45, 7) is 15.2. The van der Waals surface area contributed by atoms with Crippen LogP contribution in [0.1, 0.15) is 116 Å². The van der Waals surface area contributed by atoms with Gasteiger partial charge in [-0.15, -0.1) is 0 Å². The second-order valence-corrected chi connectivity index (χ2v) is 13.1. The van der Waals surface area contributed by atoms with Gasteiger partial charge in [0, 0.05) is 12.1 Å². The second kappa shape index (κ2) is 21.8. The summed E-state index contributed by atoms with van der Waals surface area (Å²) in [4.78, 5) is 76.6. The first-order valence-corrected chi connectivity index (χ1v) is 16.5. The van der Waals surface area contributed by atoms with Crippen molar-refractivity contribution in [1.82, 2.24) is 26.6 Å². The normalized spacial score (nSPS) is 14.2. The first-order valence-electron chi connectivity index (χ1n) is 16.5. The Morgan fingerprint density at radius 1 is 0.750 bits per heavy atom. The highest BCUT2D eigenvalue weighted by atomic mass is 16.4. The van der Waals surface area contributed by atoms with E-state index in [1.54, 1.807) is 20.8 Å². The van der Waals surface area contributed by atoms with Gasteiger partial charge in [0.25, 0.3) is 5.91 Å². The highest BCUT2D eigenvalue weighted by Crippen LogP contribution is 2.14. The van der Waals surface area contributed by atoms with Crippen molar-refractivity contribution in [2.75, 3.05) is 6.54 Å². The van der Waals surface area contributed by atoms with E-state index >= 15 is 0 Å². The van der Waals surface area contributed by atoms with Crippen LogP contribution in [0.2, 0.25) is 0 Å². The third-order valence-electron chi connectivity index (χ3n) is 7.44. The minimum absolute atomic E-state index is 0. The van der Waals surface area contributed by atoms with Gasteiger partial charge in [-0.2, -0.15) is 0 Å². The highest BCUT2D eigenvalue weighted by molar-refractivity contribution is 6.00. The average Bonchev–Trinajstić information content (AvgIpc) is 2.98. The van der Waals surface area contributed by atoms with Crippen molar-refractivity contribution in [3.05, 3.63) is 35.4 Å². The maximum Gasteiger partial charge on any atom is 0.335 e. The summed E-state index contributed by atoms with van der Waals surface area (Å²) >= 11 is 0. The standard InChI is InChI=1S/C34H55N5O8.CH4/c1-9-12-24(36-32(44)26(16-20(5)6)38-30(42)22-13-11-14-23(17-22)34(46)47)31(43)37-25(15-19(3)4)27(40)18-28(41)39-29(21(7)8)33(45)35-10-2;/h11,13-14,17,19-21,24-27,29,40H,9-10,12,15-16,18H2,1-8H3,(H,35,45)(H,36,44)(H,37,43)(H,38,42)(H,39,41)(H,46,47);1H4/t24-,25-,26-,27-,29-;/m0./s1. The molecular weight excluding hydrogens is 618 g/mol. The molecule has 0 aliphatic rings. The van der Waals surface area contributed by atoms with Crippen LogP contribution in [0.15, 0.2) is 24.3 Å². The molecule has 13 heteroatoms. The Bertz CT molecular complexity index is 1220. The van der Waals surface area contributed by atoms with Gasteiger partial charge >= 0.3 is 5.97 Å². The molecule has 1 rings (SSSR count). The Kier molecular flexibility index (Phi) is 20.0. The number of aromatic carboxylic acids is 1. The molecule has 0 radical (unpaired) electrons. The van der Waals surface area contributed by atoms with E-state index in [4.69, 9.17) is 0 Å². The summed E-state index contributed by atoms with van der Waals surface area (Å²) in [5.74, 6) is -3.96. The van der Waals surface area contributed by atoms with Crippen LogP contribution in [0.5, 0.6) is 0 Å². The number of aliphatic hydroxyl groups excluding tert-OH is 1. The Labute approximate surface area is 285 Å². The van der Waals surface area contributed by atoms with Gasteiger partial charge in [-0.1, -0.05) is 68.4 Å². The van der Waals surface area contributed by atoms with Gasteiger partial charge in [0.1, 0.15) is 18.1 Å². The number of benzene rings is 1. The second-order valence-electron chi connectivity index (χ2n) is 13.1. The van der Waals surface area contributed by atoms with E-state index < -0.39 is 59.9 Å². The molecule has 0 aliphatic carbocycles. The van der Waals surface area contributed by atoms with Crippen LogP contribution < -0.4 is 26.6 Å². The van der Waals surface area contributed by atoms with E-state index in [2.05, 4.69) is 26.6 Å². The topological polar surface area (TPSA) is 203 Å². The summed E-state index contributed by atoms with van der Waals surface area (Å²) in [7, 11) is 0. The lowest BCUT2D eigenvalue weighted by Gasteiger charge is -2.29. The van der Waals surface area contributed by atoms with Crippen molar-refractivity contribution in [3.63, 3.8) is 0 Å². The Morgan fingerprint density at radius 3 is 1.85 bits per heavy atom. The lowest BCUT2D eigenvalue weighted by molar-refractivity contribution is -0.132. The third kappa shape index (κ3) is 15.3. The lowest BCUT2D eigenvalue weighted by Crippen LogP contribution is -2.57. The molecule has 0 spiro atoms. The van der Waals surface area contributed by atoms with Crippen LogP contribution in [0.4, 0.5) is 0 Å². The number of carboxylic acid groups (broad SMARTS) is 1. The van der Waals surface area contributed by atoms with Crippen LogP contribution in [0, 0.1) is 17.8 Å². The van der Waals surface area contributed by atoms with Gasteiger partial charge in [-0.3, -0.25) is 24.0 Å². The van der Waals surface area contributed by atoms with Gasteiger partial charge in [-0.05, 0) is 62.1 Å². The van der Waals surface area contributed by atoms with Crippen molar-refractivity contribution in [3.8, 4) is 0 Å². The molecule has 1 aromatic carbocycles. The monoisotopic (exact) mass is 677 g/mol. The van der Waals surface area contributed by atoms with Crippen molar-refractivity contribution >= 4 is 35.5 Å². The van der Waals surface area contributed by atoms with Crippen molar-refractivity contribution in [1.29, 1.82) is 0 Å². The molecule has 0 aromatic heterocycles. The third-order valence-corrected chi connectivity index (χ3v) is 7.44. The SMILES string of the molecule is C.CCC[C@H](NC(=O)[C@H](CC(C)C)NC(=O)c1cccc(C(=O)O)c1)C(=O)N[C@@H](CC(C)C)[C@@H](O)CC(=O)N[C@H](C(=O)NCC)C(C)C. The fourth-order valence-corrected chi connectivity index (χ4v) is 5.05. The smallest absolute Gasteiger partial charge is 0.335 e. The number of carbonyl (C=O) groups is 6. The number of nitrogens with one attached hydrogen (secondary N) is 5. The van der Waals surface area contributed by atoms with Crippen LogP contribution in [0.3, 0.4) is 0 Å². The zero-order valence-electron chi connectivity index (χ0n) is 29.0. The average molecular weight is 678 g/mol. The maximum atomic E-state index is 13.5. The summed E-state index contributed by atoms with van der Waals surface area (Å²) in [5.41, 5.74) is 0.00843. The molecule has 48 heavy (non-hydrogen) atoms. The Balaban J connectivity index is 0.0000221. The van der Waals surface area contributed by atoms with Crippen molar-refractivity contribution in [2.24, 2.45) is 17.8 Å². The van der Waals surface area contributed by atoms with Gasteiger partial charge < -0.3 is 36.8 Å². The molecule has 0 bridgehead atoms. The molecule has 1 aromatic rings. The Morgan fingerprint density at radius 2 is 1.33 bits per heavy atom. The first-order chi connectivity index (χ1) is 22.0. The van der Waals surface area contributed by atoms with E-state index in [9.17, 15) is 39.0 Å². The van der Waals surface area contributed by atoms with Crippen LogP contribution in [-0.2, 0) is 19.2 Å². The van der Waals surface area contributed by atoms with Crippen LogP contribution in [-0.4, -0.2) is 82.5 Å². The summed E-state index contributed by atoms with van der Waals surface area (Å²) < 4.78 is 0. The number of rotatable bonds is 20. The number of likely N-dealkylation sites (N-methyl/N-ethyl adjacent to an activating group) is 1. The van der Waals surface area contributed by atoms with Crippen LogP contribution in [0.25, 0.3) is 0 Å². The lowest BCUT2D eigenvalue weighted by atomic mass is 9.95. The number of aliphatic hydroxyl groups is 1. The van der Waals surface area contributed by atoms with Gasteiger partial charge in [-0.25, -0.2) is 4.79 Å². The zero-order chi connectivity index (χ0) is 35.8. The van der Waals surface area contributed by atoms with Gasteiger partial charge in [0.2, 0.25) is 23.6 Å². The molecule has 5 amide bonds. The molecule has 7 N–H and O–H groups in total.